The molecule has 3 heteroatoms. The maximum absolute atomic E-state index is 4.23. The van der Waals surface area contributed by atoms with Crippen molar-refractivity contribution in [2.75, 3.05) is 0 Å². The quantitative estimate of drug-likeness (QED) is 0.561. The zero-order chi connectivity index (χ0) is 8.81. The first-order valence-corrected chi connectivity index (χ1v) is 5.08. The van der Waals surface area contributed by atoms with Gasteiger partial charge in [0.25, 0.3) is 0 Å². The first-order valence-electron chi connectivity index (χ1n) is 4.05. The minimum atomic E-state index is 0.203. The summed E-state index contributed by atoms with van der Waals surface area (Å²) in [5.41, 5.74) is 1.15. The topological polar surface area (TPSA) is 12.9 Å². The lowest BCUT2D eigenvalue weighted by Crippen LogP contribution is -1.92. The fourth-order valence-corrected chi connectivity index (χ4v) is 1.38. The van der Waals surface area contributed by atoms with Crippen molar-refractivity contribution in [3.8, 4) is 0 Å². The van der Waals surface area contributed by atoms with Crippen molar-refractivity contribution in [2.24, 2.45) is 0 Å². The molecule has 0 aliphatic heterocycles. The lowest BCUT2D eigenvalue weighted by molar-refractivity contribution is 0.771. The highest BCUT2D eigenvalue weighted by Gasteiger charge is 1.96. The smallest absolute Gasteiger partial charge is 0.0442 e. The van der Waals surface area contributed by atoms with Gasteiger partial charge in [-0.2, -0.15) is 25.3 Å². The Kier molecular flexibility index (Phi) is 4.54. The van der Waals surface area contributed by atoms with E-state index in [4.69, 9.17) is 0 Å². The van der Waals surface area contributed by atoms with Gasteiger partial charge in [-0.25, -0.2) is 0 Å². The van der Waals surface area contributed by atoms with Crippen LogP contribution in [0.3, 0.4) is 0 Å². The van der Waals surface area contributed by atoms with Gasteiger partial charge in [-0.3, -0.25) is 4.98 Å². The summed E-state index contributed by atoms with van der Waals surface area (Å²) < 4.78 is 0.203. The van der Waals surface area contributed by atoms with Gasteiger partial charge >= 0.3 is 0 Å². The van der Waals surface area contributed by atoms with E-state index in [-0.39, 0.29) is 4.58 Å². The number of hydrogen-bond donors (Lipinski definition) is 2. The highest BCUT2D eigenvalue weighted by molar-refractivity contribution is 7.99. The second-order valence-electron chi connectivity index (χ2n) is 2.69. The van der Waals surface area contributed by atoms with Crippen molar-refractivity contribution in [2.45, 2.75) is 23.8 Å². The zero-order valence-corrected chi connectivity index (χ0v) is 8.64. The Balaban J connectivity index is 2.25. The SMILES string of the molecule is SC(S)CCCc1ccccn1. The van der Waals surface area contributed by atoms with Crippen molar-refractivity contribution in [3.05, 3.63) is 30.1 Å². The van der Waals surface area contributed by atoms with E-state index in [1.807, 2.05) is 24.4 Å². The Morgan fingerprint density at radius 1 is 1.33 bits per heavy atom. The second kappa shape index (κ2) is 5.49. The van der Waals surface area contributed by atoms with Crippen LogP contribution in [0.1, 0.15) is 18.5 Å². The molecule has 0 amide bonds. The van der Waals surface area contributed by atoms with Crippen LogP contribution in [0.5, 0.6) is 0 Å². The van der Waals surface area contributed by atoms with Gasteiger partial charge in [-0.15, -0.1) is 0 Å². The molecule has 0 N–H and O–H groups in total. The van der Waals surface area contributed by atoms with Crippen LogP contribution in [0.15, 0.2) is 24.4 Å². The van der Waals surface area contributed by atoms with Crippen LogP contribution in [-0.4, -0.2) is 9.57 Å². The van der Waals surface area contributed by atoms with Crippen molar-refractivity contribution in [1.29, 1.82) is 0 Å². The van der Waals surface area contributed by atoms with E-state index in [1.165, 1.54) is 0 Å². The molecule has 0 fully saturated rings. The van der Waals surface area contributed by atoms with Crippen LogP contribution in [-0.2, 0) is 6.42 Å². The minimum Gasteiger partial charge on any atom is -0.261 e. The number of rotatable bonds is 4. The maximum Gasteiger partial charge on any atom is 0.0442 e. The third kappa shape index (κ3) is 4.02. The molecule has 0 saturated heterocycles. The van der Waals surface area contributed by atoms with Crippen LogP contribution in [0.2, 0.25) is 0 Å². The monoisotopic (exact) mass is 199 g/mol. The summed E-state index contributed by atoms with van der Waals surface area (Å²) in [6, 6.07) is 6.00. The number of hydrogen-bond acceptors (Lipinski definition) is 3. The Bertz CT molecular complexity index is 211. The van der Waals surface area contributed by atoms with Gasteiger partial charge in [-0.1, -0.05) is 6.07 Å². The molecule has 0 bridgehead atoms. The summed E-state index contributed by atoms with van der Waals surface area (Å²) in [5, 5.41) is 0. The number of aryl methyl sites for hydroxylation is 1. The molecule has 0 saturated carbocycles. The summed E-state index contributed by atoms with van der Waals surface area (Å²) in [7, 11) is 0. The number of thiol groups is 2. The number of aromatic nitrogens is 1. The maximum atomic E-state index is 4.23. The van der Waals surface area contributed by atoms with Crippen LogP contribution in [0.25, 0.3) is 0 Å². The van der Waals surface area contributed by atoms with Crippen molar-refractivity contribution < 1.29 is 0 Å². The molecule has 1 rings (SSSR count). The Labute approximate surface area is 84.4 Å². The average Bonchev–Trinajstić information content (AvgIpc) is 2.05. The summed E-state index contributed by atoms with van der Waals surface area (Å²) in [6.07, 6.45) is 4.99. The van der Waals surface area contributed by atoms with Crippen molar-refractivity contribution >= 4 is 25.3 Å². The van der Waals surface area contributed by atoms with E-state index in [0.29, 0.717) is 0 Å². The first kappa shape index (κ1) is 9.93. The molecule has 66 valence electrons. The molecular formula is C9H13NS2. The molecule has 1 heterocycles. The van der Waals surface area contributed by atoms with Crippen LogP contribution < -0.4 is 0 Å². The van der Waals surface area contributed by atoms with E-state index >= 15 is 0 Å². The van der Waals surface area contributed by atoms with E-state index in [1.54, 1.807) is 0 Å². The molecule has 0 atom stereocenters. The lowest BCUT2D eigenvalue weighted by atomic mass is 10.2. The molecule has 0 aliphatic carbocycles. The average molecular weight is 199 g/mol. The lowest BCUT2D eigenvalue weighted by Gasteiger charge is -2.01. The van der Waals surface area contributed by atoms with Crippen LogP contribution in [0.4, 0.5) is 0 Å². The zero-order valence-electron chi connectivity index (χ0n) is 6.85. The molecule has 12 heavy (non-hydrogen) atoms. The van der Waals surface area contributed by atoms with Gasteiger partial charge in [0.1, 0.15) is 0 Å². The summed E-state index contributed by atoms with van der Waals surface area (Å²) >= 11 is 8.38. The molecule has 0 unspecified atom stereocenters. The van der Waals surface area contributed by atoms with E-state index in [0.717, 1.165) is 25.0 Å². The fraction of sp³-hybridized carbons (Fsp3) is 0.444. The Hall–Kier alpha value is -0.150. The second-order valence-corrected chi connectivity index (χ2v) is 4.35. The van der Waals surface area contributed by atoms with Crippen LogP contribution in [0, 0.1) is 0 Å². The standard InChI is InChI=1S/C9H13NS2/c11-9(12)6-3-5-8-4-1-2-7-10-8/h1-2,4,7,9,11-12H,3,5-6H2. The molecule has 1 nitrogen and oxygen atoms in total. The highest BCUT2D eigenvalue weighted by atomic mass is 32.2. The highest BCUT2D eigenvalue weighted by Crippen LogP contribution is 2.10. The van der Waals surface area contributed by atoms with Gasteiger partial charge < -0.3 is 0 Å². The summed E-state index contributed by atoms with van der Waals surface area (Å²) in [4.78, 5) is 4.23. The van der Waals surface area contributed by atoms with Gasteiger partial charge in [-0.05, 0) is 31.4 Å². The Morgan fingerprint density at radius 2 is 2.17 bits per heavy atom. The molecule has 1 aromatic heterocycles. The van der Waals surface area contributed by atoms with Gasteiger partial charge in [0.2, 0.25) is 0 Å². The molecule has 0 radical (unpaired) electrons. The van der Waals surface area contributed by atoms with Gasteiger partial charge in [0.05, 0.1) is 0 Å². The minimum absolute atomic E-state index is 0.203. The molecular weight excluding hydrogens is 186 g/mol. The molecule has 1 aromatic rings. The van der Waals surface area contributed by atoms with Crippen LogP contribution >= 0.6 is 25.3 Å². The molecule has 0 aromatic carbocycles. The predicted molar refractivity (Wildman–Crippen MR) is 58.9 cm³/mol. The largest absolute Gasteiger partial charge is 0.261 e. The fourth-order valence-electron chi connectivity index (χ4n) is 1.01. The van der Waals surface area contributed by atoms with E-state index < -0.39 is 0 Å². The molecule has 0 spiro atoms. The van der Waals surface area contributed by atoms with Crippen molar-refractivity contribution in [1.82, 2.24) is 4.98 Å². The normalized spacial score (nSPS) is 10.6. The van der Waals surface area contributed by atoms with Gasteiger partial charge in [0.15, 0.2) is 0 Å². The summed E-state index contributed by atoms with van der Waals surface area (Å²) in [6.45, 7) is 0. The Morgan fingerprint density at radius 3 is 2.75 bits per heavy atom. The number of nitrogens with zero attached hydrogens (tertiary/aromatic N) is 1. The van der Waals surface area contributed by atoms with E-state index in [9.17, 15) is 0 Å². The summed E-state index contributed by atoms with van der Waals surface area (Å²) in [5.74, 6) is 0. The molecule has 0 aliphatic rings. The van der Waals surface area contributed by atoms with Gasteiger partial charge in [0, 0.05) is 16.5 Å². The third-order valence-corrected chi connectivity index (χ3v) is 2.14. The third-order valence-electron chi connectivity index (χ3n) is 1.62. The first-order chi connectivity index (χ1) is 5.79. The van der Waals surface area contributed by atoms with E-state index in [2.05, 4.69) is 30.2 Å². The number of pyridine rings is 1. The van der Waals surface area contributed by atoms with Crippen molar-refractivity contribution in [3.63, 3.8) is 0 Å². The predicted octanol–water partition coefficient (Wildman–Crippen LogP) is 2.59.